The Morgan fingerprint density at radius 3 is 2.68 bits per heavy atom. The zero-order chi connectivity index (χ0) is 26.1. The Morgan fingerprint density at radius 2 is 1.82 bits per heavy atom. The molecule has 188 valence electrons. The lowest BCUT2D eigenvalue weighted by Gasteiger charge is -2.12. The number of hydrogen-bond acceptors (Lipinski definition) is 4. The summed E-state index contributed by atoms with van der Waals surface area (Å²) in [5.41, 5.74) is 6.02. The first-order valence-corrected chi connectivity index (χ1v) is 13.2. The number of halogens is 2. The van der Waals surface area contributed by atoms with Gasteiger partial charge in [0.05, 0.1) is 16.4 Å². The third-order valence-electron chi connectivity index (χ3n) is 6.31. The molecule has 3 aromatic carbocycles. The highest BCUT2D eigenvalue weighted by Gasteiger charge is 2.13. The van der Waals surface area contributed by atoms with Crippen LogP contribution in [0.3, 0.4) is 0 Å². The smallest absolute Gasteiger partial charge is 0.251 e. The molecule has 3 heterocycles. The summed E-state index contributed by atoms with van der Waals surface area (Å²) in [5.74, 6) is 0.682. The van der Waals surface area contributed by atoms with Crippen molar-refractivity contribution in [2.45, 2.75) is 13.1 Å². The van der Waals surface area contributed by atoms with Gasteiger partial charge in [0.1, 0.15) is 5.82 Å². The van der Waals surface area contributed by atoms with Gasteiger partial charge in [0, 0.05) is 52.4 Å². The summed E-state index contributed by atoms with van der Waals surface area (Å²) < 4.78 is 2.55. The first-order chi connectivity index (χ1) is 18.5. The Kier molecular flexibility index (Phi) is 6.57. The van der Waals surface area contributed by atoms with Gasteiger partial charge >= 0.3 is 0 Å². The maximum Gasteiger partial charge on any atom is 0.251 e. The van der Waals surface area contributed by atoms with Crippen molar-refractivity contribution in [3.8, 4) is 11.3 Å². The van der Waals surface area contributed by atoms with E-state index in [-0.39, 0.29) is 5.91 Å². The summed E-state index contributed by atoms with van der Waals surface area (Å²) in [6.45, 7) is 0.991. The summed E-state index contributed by atoms with van der Waals surface area (Å²) in [7, 11) is 0. The van der Waals surface area contributed by atoms with Gasteiger partial charge in [-0.2, -0.15) is 9.61 Å². The number of carbonyl (C=O) groups is 1. The van der Waals surface area contributed by atoms with Crippen LogP contribution in [-0.4, -0.2) is 25.5 Å². The van der Waals surface area contributed by atoms with E-state index in [1.54, 1.807) is 10.7 Å². The summed E-state index contributed by atoms with van der Waals surface area (Å²) in [5, 5.41) is 12.6. The Balaban J connectivity index is 1.18. The number of benzene rings is 3. The fraction of sp³-hybridized carbons (Fsp3) is 0.0690. The molecule has 0 fully saturated rings. The summed E-state index contributed by atoms with van der Waals surface area (Å²) in [6.07, 6.45) is 3.59. The normalized spacial score (nSPS) is 11.2. The number of aromatic amines is 1. The van der Waals surface area contributed by atoms with Crippen molar-refractivity contribution >= 4 is 55.8 Å². The molecule has 9 heteroatoms. The van der Waals surface area contributed by atoms with Gasteiger partial charge in [-0.1, -0.05) is 54.1 Å². The Labute approximate surface area is 232 Å². The Bertz CT molecular complexity index is 1790. The molecule has 6 aromatic rings. The van der Waals surface area contributed by atoms with E-state index in [9.17, 15) is 4.79 Å². The number of nitrogens with one attached hydrogen (secondary N) is 3. The largest absolute Gasteiger partial charge is 0.366 e. The van der Waals surface area contributed by atoms with E-state index in [2.05, 4.69) is 42.7 Å². The number of carbonyl (C=O) groups excluding carboxylic acids is 1. The monoisotopic (exact) mass is 584 g/mol. The Hall–Kier alpha value is -4.14. The topological polar surface area (TPSA) is 87.1 Å². The standard InChI is InChI=1S/C29H22BrClN6O/c30-23-17-35-37-27(14-26(36-28(23)37)22-6-1-2-7-24(22)31)33-15-18-4-3-5-19(12-18)16-34-29(38)21-8-9-25-20(13-21)10-11-32-25/h1-14,17,32-33H,15-16H2,(H,34,38). The van der Waals surface area contributed by atoms with Crippen molar-refractivity contribution in [1.29, 1.82) is 0 Å². The lowest BCUT2D eigenvalue weighted by Crippen LogP contribution is -2.22. The van der Waals surface area contributed by atoms with Crippen LogP contribution >= 0.6 is 27.5 Å². The molecule has 6 rings (SSSR count). The zero-order valence-corrected chi connectivity index (χ0v) is 22.4. The van der Waals surface area contributed by atoms with Gasteiger partial charge in [-0.25, -0.2) is 4.98 Å². The van der Waals surface area contributed by atoms with Crippen molar-refractivity contribution < 1.29 is 4.79 Å². The van der Waals surface area contributed by atoms with Crippen LogP contribution in [0.5, 0.6) is 0 Å². The molecule has 0 saturated heterocycles. The van der Waals surface area contributed by atoms with E-state index < -0.39 is 0 Å². The number of nitrogens with zero attached hydrogens (tertiary/aromatic N) is 3. The molecular formula is C29H22BrClN6O. The van der Waals surface area contributed by atoms with E-state index in [0.29, 0.717) is 29.3 Å². The lowest BCUT2D eigenvalue weighted by atomic mass is 10.1. The summed E-state index contributed by atoms with van der Waals surface area (Å²) in [4.78, 5) is 20.6. The maximum absolute atomic E-state index is 12.7. The van der Waals surface area contributed by atoms with Crippen LogP contribution in [0.1, 0.15) is 21.5 Å². The minimum Gasteiger partial charge on any atom is -0.366 e. The average molecular weight is 586 g/mol. The second-order valence-electron chi connectivity index (χ2n) is 8.87. The molecule has 3 N–H and O–H groups in total. The van der Waals surface area contributed by atoms with E-state index in [4.69, 9.17) is 16.6 Å². The molecule has 0 aliphatic rings. The van der Waals surface area contributed by atoms with Crippen LogP contribution in [0, 0.1) is 0 Å². The van der Waals surface area contributed by atoms with Gasteiger partial charge in [0.15, 0.2) is 5.65 Å². The molecular weight excluding hydrogens is 564 g/mol. The molecule has 0 unspecified atom stereocenters. The number of anilines is 1. The van der Waals surface area contributed by atoms with Gasteiger partial charge in [0.25, 0.3) is 5.91 Å². The van der Waals surface area contributed by atoms with Gasteiger partial charge < -0.3 is 15.6 Å². The predicted octanol–water partition coefficient (Wildman–Crippen LogP) is 6.84. The number of fused-ring (bicyclic) bond motifs is 2. The highest BCUT2D eigenvalue weighted by Crippen LogP contribution is 2.30. The minimum atomic E-state index is -0.104. The highest BCUT2D eigenvalue weighted by molar-refractivity contribution is 9.10. The van der Waals surface area contributed by atoms with Crippen LogP contribution in [-0.2, 0) is 13.1 Å². The summed E-state index contributed by atoms with van der Waals surface area (Å²) >= 11 is 10.00. The molecule has 0 radical (unpaired) electrons. The summed E-state index contributed by atoms with van der Waals surface area (Å²) in [6, 6.07) is 25.3. The second kappa shape index (κ2) is 10.3. The van der Waals surface area contributed by atoms with Crippen LogP contribution in [0.4, 0.5) is 5.82 Å². The number of hydrogen-bond donors (Lipinski definition) is 3. The van der Waals surface area contributed by atoms with Crippen molar-refractivity contribution in [2.75, 3.05) is 5.32 Å². The molecule has 7 nitrogen and oxygen atoms in total. The lowest BCUT2D eigenvalue weighted by molar-refractivity contribution is 0.0951. The first-order valence-electron chi connectivity index (χ1n) is 12.0. The van der Waals surface area contributed by atoms with Crippen molar-refractivity contribution in [3.05, 3.63) is 117 Å². The maximum atomic E-state index is 12.7. The molecule has 38 heavy (non-hydrogen) atoms. The molecule has 0 atom stereocenters. The van der Waals surface area contributed by atoms with Gasteiger partial charge in [-0.15, -0.1) is 0 Å². The third kappa shape index (κ3) is 4.88. The fourth-order valence-electron chi connectivity index (χ4n) is 4.39. The number of H-pyrrole nitrogens is 1. The SMILES string of the molecule is O=C(NCc1cccc(CNc2cc(-c3ccccc3Cl)nc3c(Br)cnn23)c1)c1ccc2[nH]ccc2c1. The van der Waals surface area contributed by atoms with E-state index in [1.165, 1.54) is 0 Å². The van der Waals surface area contributed by atoms with Crippen LogP contribution in [0.15, 0.2) is 95.7 Å². The van der Waals surface area contributed by atoms with Crippen molar-refractivity contribution in [2.24, 2.45) is 0 Å². The van der Waals surface area contributed by atoms with Crippen molar-refractivity contribution in [3.63, 3.8) is 0 Å². The fourth-order valence-corrected chi connectivity index (χ4v) is 4.97. The third-order valence-corrected chi connectivity index (χ3v) is 7.20. The van der Waals surface area contributed by atoms with Crippen molar-refractivity contribution in [1.82, 2.24) is 24.9 Å². The zero-order valence-electron chi connectivity index (χ0n) is 20.1. The van der Waals surface area contributed by atoms with E-state index in [0.717, 1.165) is 43.6 Å². The average Bonchev–Trinajstić information content (AvgIpc) is 3.57. The molecule has 0 aliphatic heterocycles. The second-order valence-corrected chi connectivity index (χ2v) is 10.1. The Morgan fingerprint density at radius 1 is 0.974 bits per heavy atom. The van der Waals surface area contributed by atoms with Crippen LogP contribution in [0.2, 0.25) is 5.02 Å². The molecule has 3 aromatic heterocycles. The number of rotatable bonds is 7. The van der Waals surface area contributed by atoms with Gasteiger partial charge in [-0.3, -0.25) is 4.79 Å². The quantitative estimate of drug-likeness (QED) is 0.192. The van der Waals surface area contributed by atoms with Crippen LogP contribution in [0.25, 0.3) is 27.8 Å². The van der Waals surface area contributed by atoms with Gasteiger partial charge in [0.2, 0.25) is 0 Å². The first kappa shape index (κ1) is 24.2. The van der Waals surface area contributed by atoms with Gasteiger partial charge in [-0.05, 0) is 57.4 Å². The molecule has 0 aliphatic carbocycles. The molecule has 1 amide bonds. The number of amides is 1. The van der Waals surface area contributed by atoms with E-state index >= 15 is 0 Å². The predicted molar refractivity (Wildman–Crippen MR) is 154 cm³/mol. The number of aromatic nitrogens is 4. The van der Waals surface area contributed by atoms with Crippen LogP contribution < -0.4 is 10.6 Å². The molecule has 0 spiro atoms. The molecule has 0 bridgehead atoms. The highest BCUT2D eigenvalue weighted by atomic mass is 79.9. The van der Waals surface area contributed by atoms with E-state index in [1.807, 2.05) is 79.0 Å². The minimum absolute atomic E-state index is 0.104. The molecule has 0 saturated carbocycles.